The van der Waals surface area contributed by atoms with Crippen LogP contribution in [0.25, 0.3) is 0 Å². The lowest BCUT2D eigenvalue weighted by atomic mass is 10.2. The number of rotatable bonds is 3. The Morgan fingerprint density at radius 3 is 2.40 bits per heavy atom. The lowest BCUT2D eigenvalue weighted by molar-refractivity contribution is -0.141. The largest absolute Gasteiger partial charge is 0.483 e. The average Bonchev–Trinajstić information content (AvgIpc) is 2.37. The van der Waals surface area contributed by atoms with E-state index in [-0.39, 0.29) is 18.1 Å². The van der Waals surface area contributed by atoms with Crippen LogP contribution in [0.2, 0.25) is 0 Å². The molecule has 0 amide bonds. The SMILES string of the molecule is Cc1[nH]c(C(F)(F)F)cc(=O)c1OCc1ccccc1. The molecule has 0 bridgehead atoms. The van der Waals surface area contributed by atoms with Crippen LogP contribution in [0.1, 0.15) is 17.0 Å². The molecule has 0 spiro atoms. The van der Waals surface area contributed by atoms with Crippen molar-refractivity contribution in [2.24, 2.45) is 0 Å². The standard InChI is InChI=1S/C14H12F3NO2/c1-9-13(20-8-10-5-3-2-4-6-10)11(19)7-12(18-9)14(15,16)17/h2-7H,8H2,1H3,(H,18,19). The molecule has 20 heavy (non-hydrogen) atoms. The van der Waals surface area contributed by atoms with E-state index in [1.807, 2.05) is 18.2 Å². The first-order valence-electron chi connectivity index (χ1n) is 5.86. The van der Waals surface area contributed by atoms with Crippen LogP contribution in [0, 0.1) is 6.92 Å². The zero-order valence-corrected chi connectivity index (χ0v) is 10.6. The van der Waals surface area contributed by atoms with E-state index in [1.165, 1.54) is 6.92 Å². The molecule has 0 atom stereocenters. The van der Waals surface area contributed by atoms with Gasteiger partial charge in [0.2, 0.25) is 5.43 Å². The van der Waals surface area contributed by atoms with Gasteiger partial charge in [0.25, 0.3) is 0 Å². The van der Waals surface area contributed by atoms with Gasteiger partial charge in [0.05, 0.1) is 5.69 Å². The third-order valence-electron chi connectivity index (χ3n) is 2.69. The van der Waals surface area contributed by atoms with Gasteiger partial charge in [0.1, 0.15) is 12.3 Å². The molecule has 1 N–H and O–H groups in total. The summed E-state index contributed by atoms with van der Waals surface area (Å²) in [7, 11) is 0. The van der Waals surface area contributed by atoms with Gasteiger partial charge in [-0.1, -0.05) is 30.3 Å². The molecular weight excluding hydrogens is 271 g/mol. The lowest BCUT2D eigenvalue weighted by Gasteiger charge is -2.12. The van der Waals surface area contributed by atoms with Crippen molar-refractivity contribution in [2.75, 3.05) is 0 Å². The highest BCUT2D eigenvalue weighted by molar-refractivity contribution is 5.30. The summed E-state index contributed by atoms with van der Waals surface area (Å²) in [6.45, 7) is 1.49. The number of aromatic nitrogens is 1. The minimum atomic E-state index is -4.58. The first kappa shape index (κ1) is 14.2. The summed E-state index contributed by atoms with van der Waals surface area (Å²) in [5, 5.41) is 0. The van der Waals surface area contributed by atoms with Crippen molar-refractivity contribution in [3.05, 3.63) is 63.6 Å². The Labute approximate surface area is 113 Å². The van der Waals surface area contributed by atoms with E-state index in [2.05, 4.69) is 4.98 Å². The number of benzene rings is 1. The maximum absolute atomic E-state index is 12.5. The number of hydrogen-bond donors (Lipinski definition) is 1. The van der Waals surface area contributed by atoms with E-state index in [4.69, 9.17) is 4.74 Å². The molecule has 0 aliphatic carbocycles. The van der Waals surface area contributed by atoms with Gasteiger partial charge in [0, 0.05) is 6.07 Å². The fourth-order valence-electron chi connectivity index (χ4n) is 1.74. The summed E-state index contributed by atoms with van der Waals surface area (Å²) in [5.74, 6) is -0.0955. The minimum Gasteiger partial charge on any atom is -0.483 e. The van der Waals surface area contributed by atoms with E-state index in [0.29, 0.717) is 6.07 Å². The predicted molar refractivity (Wildman–Crippen MR) is 67.6 cm³/mol. The molecule has 1 heterocycles. The molecule has 0 radical (unpaired) electrons. The fourth-order valence-corrected chi connectivity index (χ4v) is 1.74. The molecule has 1 aromatic heterocycles. The summed E-state index contributed by atoms with van der Waals surface area (Å²) in [4.78, 5) is 13.8. The predicted octanol–water partition coefficient (Wildman–Crippen LogP) is 3.28. The molecule has 2 aromatic rings. The van der Waals surface area contributed by atoms with Gasteiger partial charge in [-0.05, 0) is 12.5 Å². The van der Waals surface area contributed by atoms with Gasteiger partial charge in [-0.25, -0.2) is 0 Å². The number of hydrogen-bond acceptors (Lipinski definition) is 2. The molecule has 6 heteroatoms. The van der Waals surface area contributed by atoms with Gasteiger partial charge in [0.15, 0.2) is 5.75 Å². The minimum absolute atomic E-state index is 0.0563. The number of nitrogens with one attached hydrogen (secondary N) is 1. The van der Waals surface area contributed by atoms with Crippen LogP contribution in [-0.2, 0) is 12.8 Å². The Kier molecular flexibility index (Phi) is 3.83. The molecule has 3 nitrogen and oxygen atoms in total. The maximum Gasteiger partial charge on any atom is 0.431 e. The third kappa shape index (κ3) is 3.20. The third-order valence-corrected chi connectivity index (χ3v) is 2.69. The number of alkyl halides is 3. The van der Waals surface area contributed by atoms with E-state index in [0.717, 1.165) is 5.56 Å². The van der Waals surface area contributed by atoms with Crippen LogP contribution >= 0.6 is 0 Å². The molecule has 1 aromatic carbocycles. The Morgan fingerprint density at radius 2 is 1.85 bits per heavy atom. The second-order valence-corrected chi connectivity index (χ2v) is 4.27. The monoisotopic (exact) mass is 283 g/mol. The summed E-state index contributed by atoms with van der Waals surface area (Å²) in [6.07, 6.45) is -4.58. The number of aryl methyl sites for hydroxylation is 1. The lowest BCUT2D eigenvalue weighted by Crippen LogP contribution is -2.17. The number of pyridine rings is 1. The van der Waals surface area contributed by atoms with E-state index >= 15 is 0 Å². The van der Waals surface area contributed by atoms with Crippen molar-refractivity contribution < 1.29 is 17.9 Å². The van der Waals surface area contributed by atoms with Gasteiger partial charge in [-0.15, -0.1) is 0 Å². The Balaban J connectivity index is 2.23. The van der Waals surface area contributed by atoms with Crippen LogP contribution in [0.4, 0.5) is 13.2 Å². The van der Waals surface area contributed by atoms with Crippen molar-refractivity contribution in [1.82, 2.24) is 4.98 Å². The van der Waals surface area contributed by atoms with Crippen molar-refractivity contribution in [3.8, 4) is 5.75 Å². The Bertz CT molecular complexity index is 648. The van der Waals surface area contributed by atoms with E-state index in [1.54, 1.807) is 12.1 Å². The quantitative estimate of drug-likeness (QED) is 0.939. The van der Waals surface area contributed by atoms with Crippen LogP contribution in [0.15, 0.2) is 41.2 Å². The zero-order chi connectivity index (χ0) is 14.8. The van der Waals surface area contributed by atoms with Crippen molar-refractivity contribution in [3.63, 3.8) is 0 Å². The van der Waals surface area contributed by atoms with Crippen molar-refractivity contribution in [2.45, 2.75) is 19.7 Å². The van der Waals surface area contributed by atoms with Crippen molar-refractivity contribution >= 4 is 0 Å². The topological polar surface area (TPSA) is 42.1 Å². The second-order valence-electron chi connectivity index (χ2n) is 4.27. The highest BCUT2D eigenvalue weighted by atomic mass is 19.4. The smallest absolute Gasteiger partial charge is 0.431 e. The molecule has 0 aliphatic rings. The normalized spacial score (nSPS) is 11.4. The Hall–Kier alpha value is -2.24. The van der Waals surface area contributed by atoms with Gasteiger partial charge in [-0.2, -0.15) is 13.2 Å². The fraction of sp³-hybridized carbons (Fsp3) is 0.214. The highest BCUT2D eigenvalue weighted by Crippen LogP contribution is 2.28. The molecular formula is C14H12F3NO2. The number of aromatic amines is 1. The van der Waals surface area contributed by atoms with Crippen LogP contribution in [0.3, 0.4) is 0 Å². The molecule has 0 saturated carbocycles. The number of H-pyrrole nitrogens is 1. The molecule has 0 saturated heterocycles. The first-order valence-corrected chi connectivity index (χ1v) is 5.86. The van der Waals surface area contributed by atoms with E-state index < -0.39 is 17.3 Å². The molecule has 2 rings (SSSR count). The van der Waals surface area contributed by atoms with Gasteiger partial charge in [-0.3, -0.25) is 4.79 Å². The summed E-state index contributed by atoms with van der Waals surface area (Å²) in [5.41, 5.74) is -0.983. The Morgan fingerprint density at radius 1 is 1.20 bits per heavy atom. The molecule has 0 aliphatic heterocycles. The molecule has 0 fully saturated rings. The van der Waals surface area contributed by atoms with Crippen LogP contribution in [-0.4, -0.2) is 4.98 Å². The second kappa shape index (κ2) is 5.40. The summed E-state index contributed by atoms with van der Waals surface area (Å²) >= 11 is 0. The average molecular weight is 283 g/mol. The van der Waals surface area contributed by atoms with Crippen LogP contribution in [0.5, 0.6) is 5.75 Å². The number of ether oxygens (including phenoxy) is 1. The maximum atomic E-state index is 12.5. The molecule has 0 unspecified atom stereocenters. The van der Waals surface area contributed by atoms with Crippen molar-refractivity contribution in [1.29, 1.82) is 0 Å². The summed E-state index contributed by atoms with van der Waals surface area (Å²) in [6, 6.07) is 9.55. The zero-order valence-electron chi connectivity index (χ0n) is 10.6. The molecule has 106 valence electrons. The van der Waals surface area contributed by atoms with Crippen LogP contribution < -0.4 is 10.2 Å². The van der Waals surface area contributed by atoms with Gasteiger partial charge < -0.3 is 9.72 Å². The number of halogens is 3. The highest BCUT2D eigenvalue weighted by Gasteiger charge is 2.32. The van der Waals surface area contributed by atoms with Gasteiger partial charge >= 0.3 is 6.18 Å². The first-order chi connectivity index (χ1) is 9.38. The summed E-state index contributed by atoms with van der Waals surface area (Å²) < 4.78 is 42.9. The van der Waals surface area contributed by atoms with E-state index in [9.17, 15) is 18.0 Å².